The van der Waals surface area contributed by atoms with Crippen LogP contribution in [0.2, 0.25) is 5.02 Å². The molecule has 0 radical (unpaired) electrons. The Bertz CT molecular complexity index is 410. The number of nitrogens with one attached hydrogen (secondary N) is 1. The first-order chi connectivity index (χ1) is 8.58. The molecule has 0 aliphatic carbocycles. The van der Waals surface area contributed by atoms with Crippen molar-refractivity contribution in [3.63, 3.8) is 0 Å². The van der Waals surface area contributed by atoms with Gasteiger partial charge in [0, 0.05) is 13.2 Å². The lowest BCUT2D eigenvalue weighted by Crippen LogP contribution is -2.29. The number of carbonyl (C=O) groups is 1. The molecule has 1 rings (SSSR count). The van der Waals surface area contributed by atoms with E-state index in [-0.39, 0.29) is 18.4 Å². The fraction of sp³-hybridized carbons (Fsp3) is 0.462. The first-order valence-corrected chi connectivity index (χ1v) is 6.32. The van der Waals surface area contributed by atoms with Crippen molar-refractivity contribution in [1.82, 2.24) is 0 Å². The van der Waals surface area contributed by atoms with Crippen molar-refractivity contribution in [2.24, 2.45) is 5.73 Å². The molecule has 1 unspecified atom stereocenters. The lowest BCUT2D eigenvalue weighted by molar-refractivity contribution is -0.118. The number of aryl methyl sites for hydroxylation is 1. The highest BCUT2D eigenvalue weighted by Crippen LogP contribution is 2.25. The summed E-state index contributed by atoms with van der Waals surface area (Å²) in [5.41, 5.74) is 7.07. The number of hydrogen-bond acceptors (Lipinski definition) is 3. The minimum atomic E-state index is -0.251. The molecule has 18 heavy (non-hydrogen) atoms. The third-order valence-corrected chi connectivity index (χ3v) is 3.05. The summed E-state index contributed by atoms with van der Waals surface area (Å²) in [4.78, 5) is 11.8. The SMILES string of the molecule is CCOC(CN)CC(=O)Nc1cccc(C)c1Cl. The standard InChI is InChI=1S/C13H19ClN2O2/c1-3-18-10(8-15)7-12(17)16-11-6-4-5-9(2)13(11)14/h4-6,10H,3,7-8,15H2,1-2H3,(H,16,17). The highest BCUT2D eigenvalue weighted by molar-refractivity contribution is 6.34. The molecule has 1 atom stereocenters. The van der Waals surface area contributed by atoms with Crippen molar-refractivity contribution >= 4 is 23.2 Å². The van der Waals surface area contributed by atoms with Gasteiger partial charge in [0.05, 0.1) is 23.2 Å². The predicted molar refractivity (Wildman–Crippen MR) is 73.9 cm³/mol. The summed E-state index contributed by atoms with van der Waals surface area (Å²) in [5.74, 6) is -0.147. The highest BCUT2D eigenvalue weighted by Gasteiger charge is 2.13. The quantitative estimate of drug-likeness (QED) is 0.834. The molecule has 0 aromatic heterocycles. The molecule has 3 N–H and O–H groups in total. The molecular weight excluding hydrogens is 252 g/mol. The number of hydrogen-bond donors (Lipinski definition) is 2. The van der Waals surface area contributed by atoms with Crippen LogP contribution in [0.25, 0.3) is 0 Å². The van der Waals surface area contributed by atoms with E-state index in [4.69, 9.17) is 22.1 Å². The normalized spacial score (nSPS) is 12.2. The van der Waals surface area contributed by atoms with Crippen molar-refractivity contribution in [2.45, 2.75) is 26.4 Å². The van der Waals surface area contributed by atoms with Crippen LogP contribution in [-0.2, 0) is 9.53 Å². The van der Waals surface area contributed by atoms with Crippen LogP contribution in [0.15, 0.2) is 18.2 Å². The minimum Gasteiger partial charge on any atom is -0.377 e. The number of carbonyl (C=O) groups excluding carboxylic acids is 1. The zero-order chi connectivity index (χ0) is 13.5. The summed E-state index contributed by atoms with van der Waals surface area (Å²) in [7, 11) is 0. The van der Waals surface area contributed by atoms with Crippen LogP contribution in [0, 0.1) is 6.92 Å². The second-order valence-corrected chi connectivity index (χ2v) is 4.38. The minimum absolute atomic E-state index is 0.147. The third-order valence-electron chi connectivity index (χ3n) is 2.54. The van der Waals surface area contributed by atoms with E-state index in [1.807, 2.05) is 26.0 Å². The molecular formula is C13H19ClN2O2. The molecule has 0 fully saturated rings. The zero-order valence-corrected chi connectivity index (χ0v) is 11.5. The molecule has 0 heterocycles. The summed E-state index contributed by atoms with van der Waals surface area (Å²) in [6, 6.07) is 5.51. The Labute approximate surface area is 112 Å². The van der Waals surface area contributed by atoms with Gasteiger partial charge >= 0.3 is 0 Å². The van der Waals surface area contributed by atoms with E-state index in [1.54, 1.807) is 6.07 Å². The van der Waals surface area contributed by atoms with E-state index in [2.05, 4.69) is 5.32 Å². The van der Waals surface area contributed by atoms with Gasteiger partial charge in [0.15, 0.2) is 0 Å². The van der Waals surface area contributed by atoms with Crippen LogP contribution in [-0.4, -0.2) is 25.2 Å². The summed E-state index contributed by atoms with van der Waals surface area (Å²) in [6.07, 6.45) is -0.0205. The maximum atomic E-state index is 11.8. The second-order valence-electron chi connectivity index (χ2n) is 4.00. The summed E-state index contributed by atoms with van der Waals surface area (Å²) in [5, 5.41) is 3.33. The van der Waals surface area contributed by atoms with Crippen LogP contribution in [0.1, 0.15) is 18.9 Å². The molecule has 1 aromatic carbocycles. The largest absolute Gasteiger partial charge is 0.377 e. The first kappa shape index (κ1) is 15.0. The predicted octanol–water partition coefficient (Wildman–Crippen LogP) is 2.34. The zero-order valence-electron chi connectivity index (χ0n) is 10.7. The molecule has 0 aliphatic heterocycles. The van der Waals surface area contributed by atoms with E-state index in [0.29, 0.717) is 23.9 Å². The number of rotatable bonds is 6. The van der Waals surface area contributed by atoms with Crippen LogP contribution in [0.4, 0.5) is 5.69 Å². The van der Waals surface area contributed by atoms with E-state index < -0.39 is 0 Å². The number of benzene rings is 1. The average molecular weight is 271 g/mol. The summed E-state index contributed by atoms with van der Waals surface area (Å²) < 4.78 is 5.33. The molecule has 4 nitrogen and oxygen atoms in total. The van der Waals surface area contributed by atoms with Crippen molar-refractivity contribution in [3.05, 3.63) is 28.8 Å². The van der Waals surface area contributed by atoms with Crippen molar-refractivity contribution in [3.8, 4) is 0 Å². The molecule has 5 heteroatoms. The topological polar surface area (TPSA) is 64.3 Å². The smallest absolute Gasteiger partial charge is 0.227 e. The first-order valence-electron chi connectivity index (χ1n) is 5.95. The lowest BCUT2D eigenvalue weighted by Gasteiger charge is -2.15. The van der Waals surface area contributed by atoms with Gasteiger partial charge in [-0.3, -0.25) is 4.79 Å². The van der Waals surface area contributed by atoms with Gasteiger partial charge in [0.1, 0.15) is 0 Å². The van der Waals surface area contributed by atoms with E-state index in [0.717, 1.165) is 5.56 Å². The molecule has 0 bridgehead atoms. The number of amides is 1. The van der Waals surface area contributed by atoms with E-state index >= 15 is 0 Å². The summed E-state index contributed by atoms with van der Waals surface area (Å²) >= 11 is 6.10. The number of halogens is 1. The monoisotopic (exact) mass is 270 g/mol. The van der Waals surface area contributed by atoms with Gasteiger partial charge in [-0.15, -0.1) is 0 Å². The van der Waals surface area contributed by atoms with Crippen molar-refractivity contribution in [2.75, 3.05) is 18.5 Å². The lowest BCUT2D eigenvalue weighted by atomic mass is 10.2. The second kappa shape index (κ2) is 7.36. The van der Waals surface area contributed by atoms with Crippen molar-refractivity contribution < 1.29 is 9.53 Å². The van der Waals surface area contributed by atoms with Crippen LogP contribution < -0.4 is 11.1 Å². The fourth-order valence-electron chi connectivity index (χ4n) is 1.60. The van der Waals surface area contributed by atoms with Gasteiger partial charge in [-0.05, 0) is 25.5 Å². The maximum Gasteiger partial charge on any atom is 0.227 e. The van der Waals surface area contributed by atoms with E-state index in [9.17, 15) is 4.79 Å². The highest BCUT2D eigenvalue weighted by atomic mass is 35.5. The van der Waals surface area contributed by atoms with Crippen LogP contribution in [0.5, 0.6) is 0 Å². The van der Waals surface area contributed by atoms with Gasteiger partial charge < -0.3 is 15.8 Å². The molecule has 1 aromatic rings. The number of anilines is 1. The average Bonchev–Trinajstić information content (AvgIpc) is 2.34. The molecule has 1 amide bonds. The fourth-order valence-corrected chi connectivity index (χ4v) is 1.77. The summed E-state index contributed by atoms with van der Waals surface area (Å²) in [6.45, 7) is 4.63. The van der Waals surface area contributed by atoms with Gasteiger partial charge in [-0.1, -0.05) is 23.7 Å². The Morgan fingerprint density at radius 2 is 2.28 bits per heavy atom. The van der Waals surface area contributed by atoms with Crippen LogP contribution >= 0.6 is 11.6 Å². The molecule has 100 valence electrons. The molecule has 0 saturated heterocycles. The maximum absolute atomic E-state index is 11.8. The Morgan fingerprint density at radius 1 is 1.56 bits per heavy atom. The Morgan fingerprint density at radius 3 is 2.89 bits per heavy atom. The number of nitrogens with two attached hydrogens (primary N) is 1. The van der Waals surface area contributed by atoms with Gasteiger partial charge in [-0.25, -0.2) is 0 Å². The van der Waals surface area contributed by atoms with Gasteiger partial charge in [-0.2, -0.15) is 0 Å². The number of ether oxygens (including phenoxy) is 1. The molecule has 0 spiro atoms. The molecule has 0 aliphatic rings. The Hall–Kier alpha value is -1.10. The van der Waals surface area contributed by atoms with Gasteiger partial charge in [0.25, 0.3) is 0 Å². The van der Waals surface area contributed by atoms with E-state index in [1.165, 1.54) is 0 Å². The Kier molecular flexibility index (Phi) is 6.12. The third kappa shape index (κ3) is 4.29. The Balaban J connectivity index is 2.61. The van der Waals surface area contributed by atoms with Crippen LogP contribution in [0.3, 0.4) is 0 Å². The molecule has 0 saturated carbocycles. The van der Waals surface area contributed by atoms with Crippen molar-refractivity contribution in [1.29, 1.82) is 0 Å². The van der Waals surface area contributed by atoms with Gasteiger partial charge in [0.2, 0.25) is 5.91 Å².